The van der Waals surface area contributed by atoms with Crippen molar-refractivity contribution in [2.75, 3.05) is 0 Å². The van der Waals surface area contributed by atoms with E-state index in [9.17, 15) is 9.90 Å². The molecule has 1 saturated heterocycles. The third-order valence-corrected chi connectivity index (χ3v) is 3.49. The molecule has 3 atom stereocenters. The maximum Gasteiger partial charge on any atom is 0.163 e. The number of rotatable bonds is 0. The van der Waals surface area contributed by atoms with Crippen molar-refractivity contribution < 1.29 is 14.6 Å². The molecule has 0 amide bonds. The highest BCUT2D eigenvalue weighted by molar-refractivity contribution is 5.87. The first-order valence-electron chi connectivity index (χ1n) is 4.88. The normalized spacial score (nSPS) is 50.7. The number of ether oxygens (including phenoxy) is 1. The van der Waals surface area contributed by atoms with Crippen molar-refractivity contribution in [3.05, 3.63) is 0 Å². The summed E-state index contributed by atoms with van der Waals surface area (Å²) < 4.78 is 5.51. The first kappa shape index (κ1) is 9.16. The molecule has 13 heavy (non-hydrogen) atoms. The SMILES string of the molecule is CC1(O)CC[C@]2(C)C(=O)CC[C@@H]2O1. The van der Waals surface area contributed by atoms with E-state index in [-0.39, 0.29) is 11.5 Å². The molecule has 3 nitrogen and oxygen atoms in total. The molecular formula is C10H16O3. The van der Waals surface area contributed by atoms with Gasteiger partial charge in [-0.05, 0) is 19.8 Å². The fraction of sp³-hybridized carbons (Fsp3) is 0.900. The molecule has 3 heteroatoms. The molecule has 1 N–H and O–H groups in total. The van der Waals surface area contributed by atoms with Gasteiger partial charge in [-0.15, -0.1) is 0 Å². The number of fused-ring (bicyclic) bond motifs is 1. The van der Waals surface area contributed by atoms with Crippen LogP contribution >= 0.6 is 0 Å². The maximum absolute atomic E-state index is 11.6. The van der Waals surface area contributed by atoms with Crippen LogP contribution in [0, 0.1) is 5.41 Å². The third kappa shape index (κ3) is 1.30. The molecular weight excluding hydrogens is 168 g/mol. The van der Waals surface area contributed by atoms with Crippen LogP contribution in [0.3, 0.4) is 0 Å². The Bertz CT molecular complexity index is 247. The van der Waals surface area contributed by atoms with Gasteiger partial charge in [0.2, 0.25) is 0 Å². The molecule has 0 aromatic rings. The average Bonchev–Trinajstić information content (AvgIpc) is 2.30. The molecule has 2 rings (SSSR count). The first-order valence-corrected chi connectivity index (χ1v) is 4.88. The number of Topliss-reactive ketones (excluding diaryl/α,β-unsaturated/α-hetero) is 1. The maximum atomic E-state index is 11.6. The monoisotopic (exact) mass is 184 g/mol. The minimum Gasteiger partial charge on any atom is -0.366 e. The predicted octanol–water partition coefficient (Wildman–Crippen LogP) is 1.24. The number of carbonyl (C=O) groups is 1. The van der Waals surface area contributed by atoms with Gasteiger partial charge in [0.25, 0.3) is 0 Å². The van der Waals surface area contributed by atoms with Crippen LogP contribution in [0.15, 0.2) is 0 Å². The molecule has 0 radical (unpaired) electrons. The summed E-state index contributed by atoms with van der Waals surface area (Å²) >= 11 is 0. The zero-order chi connectivity index (χ0) is 9.69. The summed E-state index contributed by atoms with van der Waals surface area (Å²) in [6.07, 6.45) is 2.63. The Morgan fingerprint density at radius 3 is 2.85 bits per heavy atom. The van der Waals surface area contributed by atoms with Crippen LogP contribution in [-0.4, -0.2) is 22.8 Å². The second-order valence-corrected chi connectivity index (χ2v) is 4.66. The highest BCUT2D eigenvalue weighted by atomic mass is 16.6. The molecule has 0 bridgehead atoms. The van der Waals surface area contributed by atoms with E-state index in [1.807, 2.05) is 6.92 Å². The van der Waals surface area contributed by atoms with Gasteiger partial charge >= 0.3 is 0 Å². The van der Waals surface area contributed by atoms with Crippen molar-refractivity contribution >= 4 is 5.78 Å². The summed E-state index contributed by atoms with van der Waals surface area (Å²) in [6.45, 7) is 3.64. The molecule has 2 fully saturated rings. The van der Waals surface area contributed by atoms with Crippen LogP contribution in [0.4, 0.5) is 0 Å². The van der Waals surface area contributed by atoms with Crippen LogP contribution in [0.5, 0.6) is 0 Å². The molecule has 0 aromatic heterocycles. The summed E-state index contributed by atoms with van der Waals surface area (Å²) in [4.78, 5) is 11.6. The molecule has 1 aliphatic heterocycles. The summed E-state index contributed by atoms with van der Waals surface area (Å²) in [6, 6.07) is 0. The molecule has 74 valence electrons. The second kappa shape index (κ2) is 2.55. The van der Waals surface area contributed by atoms with Gasteiger partial charge in [0, 0.05) is 12.8 Å². The van der Waals surface area contributed by atoms with E-state index >= 15 is 0 Å². The minimum absolute atomic E-state index is 0.0660. The van der Waals surface area contributed by atoms with Crippen LogP contribution in [0.1, 0.15) is 39.5 Å². The summed E-state index contributed by atoms with van der Waals surface area (Å²) in [5.41, 5.74) is -0.317. The third-order valence-electron chi connectivity index (χ3n) is 3.49. The van der Waals surface area contributed by atoms with E-state index in [2.05, 4.69) is 0 Å². The largest absolute Gasteiger partial charge is 0.366 e. The Labute approximate surface area is 78.1 Å². The van der Waals surface area contributed by atoms with Crippen molar-refractivity contribution in [2.24, 2.45) is 5.41 Å². The van der Waals surface area contributed by atoms with Crippen LogP contribution < -0.4 is 0 Å². The minimum atomic E-state index is -1.02. The van der Waals surface area contributed by atoms with E-state index in [1.165, 1.54) is 0 Å². The molecule has 0 spiro atoms. The summed E-state index contributed by atoms with van der Waals surface area (Å²) in [7, 11) is 0. The number of carbonyl (C=O) groups excluding carboxylic acids is 1. The number of hydrogen-bond acceptors (Lipinski definition) is 3. The highest BCUT2D eigenvalue weighted by Gasteiger charge is 2.52. The van der Waals surface area contributed by atoms with Crippen molar-refractivity contribution in [2.45, 2.75) is 51.4 Å². The van der Waals surface area contributed by atoms with Crippen LogP contribution in [-0.2, 0) is 9.53 Å². The van der Waals surface area contributed by atoms with Crippen molar-refractivity contribution in [1.29, 1.82) is 0 Å². The van der Waals surface area contributed by atoms with Gasteiger partial charge in [0.05, 0.1) is 11.5 Å². The fourth-order valence-electron chi connectivity index (χ4n) is 2.39. The Balaban J connectivity index is 2.21. The quantitative estimate of drug-likeness (QED) is 0.616. The zero-order valence-corrected chi connectivity index (χ0v) is 8.17. The van der Waals surface area contributed by atoms with Gasteiger partial charge < -0.3 is 9.84 Å². The lowest BCUT2D eigenvalue weighted by Gasteiger charge is -2.42. The van der Waals surface area contributed by atoms with E-state index in [0.29, 0.717) is 18.6 Å². The van der Waals surface area contributed by atoms with Crippen LogP contribution in [0.25, 0.3) is 0 Å². The van der Waals surface area contributed by atoms with Crippen LogP contribution in [0.2, 0.25) is 0 Å². The lowest BCUT2D eigenvalue weighted by molar-refractivity contribution is -0.263. The molecule has 1 unspecified atom stereocenters. The van der Waals surface area contributed by atoms with Gasteiger partial charge in [-0.3, -0.25) is 4.79 Å². The topological polar surface area (TPSA) is 46.5 Å². The fourth-order valence-corrected chi connectivity index (χ4v) is 2.39. The first-order chi connectivity index (χ1) is 5.94. The summed E-state index contributed by atoms with van der Waals surface area (Å²) in [5.74, 6) is -0.720. The van der Waals surface area contributed by atoms with Gasteiger partial charge in [-0.2, -0.15) is 0 Å². The number of hydrogen-bond donors (Lipinski definition) is 1. The number of aliphatic hydroxyl groups is 1. The lowest BCUT2D eigenvalue weighted by atomic mass is 9.77. The molecule has 2 aliphatic rings. The molecule has 1 heterocycles. The highest BCUT2D eigenvalue weighted by Crippen LogP contribution is 2.47. The smallest absolute Gasteiger partial charge is 0.163 e. The van der Waals surface area contributed by atoms with Crippen molar-refractivity contribution in [3.63, 3.8) is 0 Å². The number of ketones is 1. The van der Waals surface area contributed by atoms with Gasteiger partial charge in [-0.1, -0.05) is 6.92 Å². The lowest BCUT2D eigenvalue weighted by Crippen LogP contribution is -2.47. The van der Waals surface area contributed by atoms with Crippen molar-refractivity contribution in [3.8, 4) is 0 Å². The second-order valence-electron chi connectivity index (χ2n) is 4.66. The standard InChI is InChI=1S/C10H16O3/c1-9-5-6-10(2,12)13-8(9)4-3-7(9)11/h8,12H,3-6H2,1-2H3/t8-,9+,10?/m0/s1. The molecule has 0 aromatic carbocycles. The van der Waals surface area contributed by atoms with Gasteiger partial charge in [0.1, 0.15) is 5.78 Å². The average molecular weight is 184 g/mol. The Morgan fingerprint density at radius 1 is 1.46 bits per heavy atom. The molecule has 1 saturated carbocycles. The van der Waals surface area contributed by atoms with E-state index in [4.69, 9.17) is 4.74 Å². The Hall–Kier alpha value is -0.410. The van der Waals surface area contributed by atoms with Crippen molar-refractivity contribution in [1.82, 2.24) is 0 Å². The Morgan fingerprint density at radius 2 is 2.15 bits per heavy atom. The van der Waals surface area contributed by atoms with Gasteiger partial charge in [-0.25, -0.2) is 0 Å². The van der Waals surface area contributed by atoms with E-state index in [1.54, 1.807) is 6.92 Å². The van der Waals surface area contributed by atoms with Gasteiger partial charge in [0.15, 0.2) is 5.79 Å². The van der Waals surface area contributed by atoms with E-state index < -0.39 is 5.79 Å². The zero-order valence-electron chi connectivity index (χ0n) is 8.17. The van der Waals surface area contributed by atoms with E-state index in [0.717, 1.165) is 12.8 Å². The summed E-state index contributed by atoms with van der Waals surface area (Å²) in [5, 5.41) is 9.69. The molecule has 1 aliphatic carbocycles. The predicted molar refractivity (Wildman–Crippen MR) is 47.1 cm³/mol. The Kier molecular flexibility index (Phi) is 1.79.